The van der Waals surface area contributed by atoms with Gasteiger partial charge in [-0.2, -0.15) is 10.1 Å². The smallest absolute Gasteiger partial charge is 0.272 e. The topological polar surface area (TPSA) is 86.3 Å². The fraction of sp³-hybridized carbons (Fsp3) is 0.429. The highest BCUT2D eigenvalue weighted by molar-refractivity contribution is 5.93. The van der Waals surface area contributed by atoms with E-state index in [1.54, 1.807) is 22.7 Å². The van der Waals surface area contributed by atoms with Crippen molar-refractivity contribution < 1.29 is 14.1 Å². The monoisotopic (exact) mass is 395 g/mol. The predicted molar refractivity (Wildman–Crippen MR) is 106 cm³/mol. The van der Waals surface area contributed by atoms with Gasteiger partial charge in [-0.1, -0.05) is 17.3 Å². The molecule has 1 unspecified atom stereocenters. The maximum absolute atomic E-state index is 13.0. The summed E-state index contributed by atoms with van der Waals surface area (Å²) < 4.78 is 12.9. The molecule has 3 heterocycles. The van der Waals surface area contributed by atoms with E-state index in [0.717, 1.165) is 29.8 Å². The zero-order valence-electron chi connectivity index (χ0n) is 17.0. The summed E-state index contributed by atoms with van der Waals surface area (Å²) >= 11 is 0. The highest BCUT2D eigenvalue weighted by atomic mass is 16.5. The highest BCUT2D eigenvalue weighted by Crippen LogP contribution is 2.32. The van der Waals surface area contributed by atoms with Crippen LogP contribution in [-0.2, 0) is 13.5 Å². The molecule has 152 valence electrons. The molecule has 0 bridgehead atoms. The SMILES string of the molecule is Cc1cccc(OCCc2noc(C3CCCN3C(=O)c3cc(C)nn3C)n2)c1. The van der Waals surface area contributed by atoms with Crippen LogP contribution in [0, 0.1) is 13.8 Å². The lowest BCUT2D eigenvalue weighted by Gasteiger charge is -2.21. The van der Waals surface area contributed by atoms with Crippen LogP contribution in [0.5, 0.6) is 5.75 Å². The van der Waals surface area contributed by atoms with E-state index < -0.39 is 0 Å². The van der Waals surface area contributed by atoms with Crippen molar-refractivity contribution in [3.63, 3.8) is 0 Å². The molecule has 2 aromatic heterocycles. The molecule has 8 nitrogen and oxygen atoms in total. The van der Waals surface area contributed by atoms with Gasteiger partial charge in [-0.05, 0) is 50.5 Å². The number of aromatic nitrogens is 4. The lowest BCUT2D eigenvalue weighted by atomic mass is 10.2. The summed E-state index contributed by atoms with van der Waals surface area (Å²) in [6, 6.07) is 9.52. The van der Waals surface area contributed by atoms with E-state index in [4.69, 9.17) is 9.26 Å². The number of ether oxygens (including phenoxy) is 1. The molecule has 4 rings (SSSR count). The number of nitrogens with zero attached hydrogens (tertiary/aromatic N) is 5. The average molecular weight is 395 g/mol. The minimum atomic E-state index is -0.198. The van der Waals surface area contributed by atoms with Gasteiger partial charge in [0, 0.05) is 20.0 Å². The number of hydrogen-bond acceptors (Lipinski definition) is 6. The van der Waals surface area contributed by atoms with Crippen LogP contribution in [0.25, 0.3) is 0 Å². The van der Waals surface area contributed by atoms with Crippen molar-refractivity contribution in [2.45, 2.75) is 39.2 Å². The second kappa shape index (κ2) is 8.06. The first-order valence-electron chi connectivity index (χ1n) is 9.85. The van der Waals surface area contributed by atoms with Gasteiger partial charge in [-0.15, -0.1) is 0 Å². The van der Waals surface area contributed by atoms with Gasteiger partial charge in [0.15, 0.2) is 5.82 Å². The second-order valence-corrected chi connectivity index (χ2v) is 7.41. The Morgan fingerprint density at radius 2 is 2.17 bits per heavy atom. The summed E-state index contributed by atoms with van der Waals surface area (Å²) in [7, 11) is 1.78. The standard InChI is InChI=1S/C21H25N5O3/c1-14-6-4-7-16(12-14)28-11-9-19-22-20(29-24-19)17-8-5-10-26(17)21(27)18-13-15(2)23-25(18)3/h4,6-7,12-13,17H,5,8-11H2,1-3H3. The quantitative estimate of drug-likeness (QED) is 0.638. The van der Waals surface area contributed by atoms with Gasteiger partial charge >= 0.3 is 0 Å². The van der Waals surface area contributed by atoms with Crippen molar-refractivity contribution in [1.82, 2.24) is 24.8 Å². The van der Waals surface area contributed by atoms with E-state index in [2.05, 4.69) is 15.2 Å². The Labute approximate surface area is 169 Å². The van der Waals surface area contributed by atoms with E-state index in [1.807, 2.05) is 38.1 Å². The molecule has 1 saturated heterocycles. The number of hydrogen-bond donors (Lipinski definition) is 0. The molecule has 0 saturated carbocycles. The third-order valence-corrected chi connectivity index (χ3v) is 5.09. The van der Waals surface area contributed by atoms with E-state index in [1.165, 1.54) is 0 Å². The number of benzene rings is 1. The van der Waals surface area contributed by atoms with Crippen molar-refractivity contribution in [2.75, 3.05) is 13.2 Å². The normalized spacial score (nSPS) is 16.4. The fourth-order valence-electron chi connectivity index (χ4n) is 3.69. The molecule has 1 atom stereocenters. The van der Waals surface area contributed by atoms with Crippen LogP contribution in [0.2, 0.25) is 0 Å². The van der Waals surface area contributed by atoms with Crippen LogP contribution in [-0.4, -0.2) is 43.9 Å². The van der Waals surface area contributed by atoms with Gasteiger partial charge in [0.05, 0.1) is 12.3 Å². The van der Waals surface area contributed by atoms with Crippen molar-refractivity contribution in [1.29, 1.82) is 0 Å². The summed E-state index contributed by atoms with van der Waals surface area (Å²) in [4.78, 5) is 19.3. The molecule has 0 radical (unpaired) electrons. The maximum Gasteiger partial charge on any atom is 0.272 e. The van der Waals surface area contributed by atoms with Gasteiger partial charge in [-0.3, -0.25) is 9.48 Å². The third kappa shape index (κ3) is 4.16. The van der Waals surface area contributed by atoms with Gasteiger partial charge in [-0.25, -0.2) is 0 Å². The van der Waals surface area contributed by atoms with Gasteiger partial charge in [0.2, 0.25) is 5.89 Å². The van der Waals surface area contributed by atoms with Crippen molar-refractivity contribution >= 4 is 5.91 Å². The molecule has 0 spiro atoms. The first kappa shape index (κ1) is 19.2. The van der Waals surface area contributed by atoms with Crippen molar-refractivity contribution in [3.8, 4) is 5.75 Å². The molecule has 1 aromatic carbocycles. The Balaban J connectivity index is 1.40. The van der Waals surface area contributed by atoms with Crippen molar-refractivity contribution in [2.24, 2.45) is 7.05 Å². The summed E-state index contributed by atoms with van der Waals surface area (Å²) in [6.45, 7) is 5.03. The summed E-state index contributed by atoms with van der Waals surface area (Å²) in [6.07, 6.45) is 2.25. The van der Waals surface area contributed by atoms with Crippen LogP contribution < -0.4 is 4.74 Å². The van der Waals surface area contributed by atoms with Crippen LogP contribution in [0.3, 0.4) is 0 Å². The summed E-state index contributed by atoms with van der Waals surface area (Å²) in [5.74, 6) is 1.84. The number of carbonyl (C=O) groups excluding carboxylic acids is 1. The molecule has 8 heteroatoms. The third-order valence-electron chi connectivity index (χ3n) is 5.09. The Morgan fingerprint density at radius 1 is 1.31 bits per heavy atom. The van der Waals surface area contributed by atoms with E-state index in [-0.39, 0.29) is 11.9 Å². The van der Waals surface area contributed by atoms with Crippen LogP contribution in [0.15, 0.2) is 34.9 Å². The molecule has 1 fully saturated rings. The predicted octanol–water partition coefficient (Wildman–Crippen LogP) is 3.02. The minimum Gasteiger partial charge on any atom is -0.493 e. The molecule has 1 aliphatic heterocycles. The molecule has 0 N–H and O–H groups in total. The van der Waals surface area contributed by atoms with Crippen molar-refractivity contribution in [3.05, 3.63) is 59.0 Å². The maximum atomic E-state index is 13.0. The van der Waals surface area contributed by atoms with E-state index in [9.17, 15) is 4.79 Å². The zero-order valence-corrected chi connectivity index (χ0v) is 17.0. The molecule has 29 heavy (non-hydrogen) atoms. The number of likely N-dealkylation sites (tertiary alicyclic amines) is 1. The number of aryl methyl sites for hydroxylation is 3. The van der Waals surface area contributed by atoms with E-state index >= 15 is 0 Å². The lowest BCUT2D eigenvalue weighted by Crippen LogP contribution is -2.32. The average Bonchev–Trinajstić information content (AvgIpc) is 3.41. The Hall–Kier alpha value is -3.16. The van der Waals surface area contributed by atoms with Gasteiger partial charge in [0.25, 0.3) is 5.91 Å². The first-order valence-corrected chi connectivity index (χ1v) is 9.85. The summed E-state index contributed by atoms with van der Waals surface area (Å²) in [5.41, 5.74) is 2.54. The summed E-state index contributed by atoms with van der Waals surface area (Å²) in [5, 5.41) is 8.35. The molecule has 1 aliphatic rings. The second-order valence-electron chi connectivity index (χ2n) is 7.41. The number of rotatable bonds is 6. The van der Waals surface area contributed by atoms with E-state index in [0.29, 0.717) is 37.0 Å². The fourth-order valence-corrected chi connectivity index (χ4v) is 3.69. The highest BCUT2D eigenvalue weighted by Gasteiger charge is 2.35. The van der Waals surface area contributed by atoms with Crippen LogP contribution in [0.1, 0.15) is 52.3 Å². The zero-order chi connectivity index (χ0) is 20.4. The molecular weight excluding hydrogens is 370 g/mol. The number of amides is 1. The molecular formula is C21H25N5O3. The number of carbonyl (C=O) groups is 1. The Morgan fingerprint density at radius 3 is 2.93 bits per heavy atom. The van der Waals surface area contributed by atoms with Crippen LogP contribution >= 0.6 is 0 Å². The van der Waals surface area contributed by atoms with Crippen LogP contribution in [0.4, 0.5) is 0 Å². The molecule has 0 aliphatic carbocycles. The van der Waals surface area contributed by atoms with Gasteiger partial charge < -0.3 is 14.2 Å². The molecule has 1 amide bonds. The Bertz CT molecular complexity index is 1010. The Kier molecular flexibility index (Phi) is 5.33. The lowest BCUT2D eigenvalue weighted by molar-refractivity contribution is 0.0699. The largest absolute Gasteiger partial charge is 0.493 e. The van der Waals surface area contributed by atoms with Gasteiger partial charge in [0.1, 0.15) is 17.5 Å². The molecule has 3 aromatic rings. The first-order chi connectivity index (χ1) is 14.0. The minimum absolute atomic E-state index is 0.0573.